The zero-order valence-corrected chi connectivity index (χ0v) is 8.35. The lowest BCUT2D eigenvalue weighted by Gasteiger charge is -2.22. The molecule has 78 valence electrons. The van der Waals surface area contributed by atoms with Crippen molar-refractivity contribution in [3.8, 4) is 0 Å². The van der Waals surface area contributed by atoms with E-state index in [0.29, 0.717) is 5.69 Å². The second-order valence-electron chi connectivity index (χ2n) is 2.66. The van der Waals surface area contributed by atoms with Gasteiger partial charge in [-0.25, -0.2) is 9.40 Å². The first-order valence-electron chi connectivity index (χ1n) is 4.09. The maximum atomic E-state index is 11.0. The Morgan fingerprint density at radius 1 is 1.33 bits per heavy atom. The molecule has 0 saturated heterocycles. The zero-order chi connectivity index (χ0) is 10.7. The third kappa shape index (κ3) is 2.03. The minimum Gasteiger partial charge on any atom is -0.755 e. The lowest BCUT2D eigenvalue weighted by Crippen LogP contribution is -2.20. The Morgan fingerprint density at radius 3 is 2.60 bits per heavy atom. The summed E-state index contributed by atoms with van der Waals surface area (Å²) in [6, 6.07) is 8.61. The number of anilines is 2. The summed E-state index contributed by atoms with van der Waals surface area (Å²) in [6.45, 7) is 0. The number of H-pyrrole nitrogens is 1. The Kier molecular flexibility index (Phi) is 2.75. The highest BCUT2D eigenvalue weighted by Gasteiger charge is 2.11. The van der Waals surface area contributed by atoms with Crippen LogP contribution in [0.4, 0.5) is 11.6 Å². The number of nitrogens with one attached hydrogen (secondary N) is 1. The summed E-state index contributed by atoms with van der Waals surface area (Å²) in [7, 11) is 0. The van der Waals surface area contributed by atoms with E-state index in [1.165, 1.54) is 6.33 Å². The predicted octanol–water partition coefficient (Wildman–Crippen LogP) is 0.737. The van der Waals surface area contributed by atoms with Gasteiger partial charge in [0.1, 0.15) is 6.33 Å². The average Bonchev–Trinajstić information content (AvgIpc) is 2.72. The van der Waals surface area contributed by atoms with Gasteiger partial charge in [0.15, 0.2) is 0 Å². The molecule has 0 bridgehead atoms. The van der Waals surface area contributed by atoms with Gasteiger partial charge in [-0.05, 0) is 12.1 Å². The number of nitrogens with zero attached hydrogens (tertiary/aromatic N) is 3. The van der Waals surface area contributed by atoms with Crippen molar-refractivity contribution in [1.82, 2.24) is 15.2 Å². The van der Waals surface area contributed by atoms with Crippen molar-refractivity contribution in [3.05, 3.63) is 36.7 Å². The molecule has 1 atom stereocenters. The fourth-order valence-electron chi connectivity index (χ4n) is 1.14. The van der Waals surface area contributed by atoms with Gasteiger partial charge < -0.3 is 4.55 Å². The van der Waals surface area contributed by atoms with Crippen LogP contribution in [0.25, 0.3) is 0 Å². The van der Waals surface area contributed by atoms with Crippen molar-refractivity contribution in [2.24, 2.45) is 0 Å². The van der Waals surface area contributed by atoms with E-state index in [1.807, 2.05) is 0 Å². The van der Waals surface area contributed by atoms with Crippen molar-refractivity contribution in [2.75, 3.05) is 4.31 Å². The highest BCUT2D eigenvalue weighted by Crippen LogP contribution is 2.21. The van der Waals surface area contributed by atoms with Gasteiger partial charge in [-0.15, -0.1) is 0 Å². The first kappa shape index (κ1) is 9.81. The second-order valence-corrected chi connectivity index (χ2v) is 3.46. The van der Waals surface area contributed by atoms with E-state index in [2.05, 4.69) is 15.2 Å². The molecule has 0 spiro atoms. The highest BCUT2D eigenvalue weighted by molar-refractivity contribution is 7.81. The molecule has 0 aliphatic heterocycles. The smallest absolute Gasteiger partial charge is 0.237 e. The molecule has 6 nitrogen and oxygen atoms in total. The topological polar surface area (TPSA) is 84.9 Å². The second kappa shape index (κ2) is 4.20. The Morgan fingerprint density at radius 2 is 2.07 bits per heavy atom. The van der Waals surface area contributed by atoms with Crippen LogP contribution >= 0.6 is 0 Å². The van der Waals surface area contributed by atoms with Crippen LogP contribution in [0.3, 0.4) is 0 Å². The maximum Gasteiger partial charge on any atom is 0.237 e. The van der Waals surface area contributed by atoms with Crippen molar-refractivity contribution < 1.29 is 8.76 Å². The first-order chi connectivity index (χ1) is 7.29. The Balaban J connectivity index is 2.42. The van der Waals surface area contributed by atoms with E-state index in [-0.39, 0.29) is 5.95 Å². The van der Waals surface area contributed by atoms with Crippen molar-refractivity contribution in [2.45, 2.75) is 0 Å². The predicted molar refractivity (Wildman–Crippen MR) is 53.9 cm³/mol. The van der Waals surface area contributed by atoms with Crippen LogP contribution in [-0.2, 0) is 11.3 Å². The van der Waals surface area contributed by atoms with Crippen molar-refractivity contribution in [3.63, 3.8) is 0 Å². The molecule has 0 amide bonds. The summed E-state index contributed by atoms with van der Waals surface area (Å²) in [5.74, 6) is 0.162. The number of para-hydroxylation sites is 1. The fraction of sp³-hybridized carbons (Fsp3) is 0. The van der Waals surface area contributed by atoms with Gasteiger partial charge in [0, 0.05) is 0 Å². The molecule has 1 unspecified atom stereocenters. The third-order valence-corrected chi connectivity index (χ3v) is 2.42. The van der Waals surface area contributed by atoms with Gasteiger partial charge in [0.2, 0.25) is 5.95 Å². The minimum absolute atomic E-state index is 0.162. The summed E-state index contributed by atoms with van der Waals surface area (Å²) in [5, 5.41) is 6.09. The lowest BCUT2D eigenvalue weighted by molar-refractivity contribution is 0.536. The van der Waals surface area contributed by atoms with E-state index in [1.54, 1.807) is 30.3 Å². The lowest BCUT2D eigenvalue weighted by atomic mass is 10.3. The van der Waals surface area contributed by atoms with Gasteiger partial charge in [0.05, 0.1) is 17.0 Å². The molecule has 2 aromatic rings. The highest BCUT2D eigenvalue weighted by atomic mass is 32.2. The molecule has 0 aliphatic carbocycles. The molecule has 1 N–H and O–H groups in total. The third-order valence-electron chi connectivity index (χ3n) is 1.73. The average molecular weight is 223 g/mol. The van der Waals surface area contributed by atoms with E-state index in [0.717, 1.165) is 4.31 Å². The quantitative estimate of drug-likeness (QED) is 0.777. The monoisotopic (exact) mass is 223 g/mol. The summed E-state index contributed by atoms with van der Waals surface area (Å²) in [6.07, 6.45) is 1.25. The molecule has 0 saturated carbocycles. The Labute approximate surface area is 88.4 Å². The summed E-state index contributed by atoms with van der Waals surface area (Å²) in [5.41, 5.74) is 0.502. The van der Waals surface area contributed by atoms with Gasteiger partial charge >= 0.3 is 0 Å². The van der Waals surface area contributed by atoms with Gasteiger partial charge in [-0.1, -0.05) is 18.2 Å². The number of aromatic nitrogens is 3. The molecule has 0 fully saturated rings. The van der Waals surface area contributed by atoms with Gasteiger partial charge in [-0.3, -0.25) is 4.21 Å². The molecule has 15 heavy (non-hydrogen) atoms. The van der Waals surface area contributed by atoms with Crippen LogP contribution in [0, 0.1) is 0 Å². The maximum absolute atomic E-state index is 11.0. The van der Waals surface area contributed by atoms with Crippen LogP contribution in [0.1, 0.15) is 0 Å². The molecule has 1 aromatic heterocycles. The van der Waals surface area contributed by atoms with E-state index >= 15 is 0 Å². The first-order valence-corrected chi connectivity index (χ1v) is 5.12. The van der Waals surface area contributed by atoms with E-state index in [4.69, 9.17) is 0 Å². The fourth-order valence-corrected chi connectivity index (χ4v) is 1.66. The zero-order valence-electron chi connectivity index (χ0n) is 7.53. The number of hydrogen-bond donors (Lipinski definition) is 1. The van der Waals surface area contributed by atoms with Crippen molar-refractivity contribution >= 4 is 22.9 Å². The molecular weight excluding hydrogens is 216 g/mol. The molecule has 1 aromatic carbocycles. The van der Waals surface area contributed by atoms with Gasteiger partial charge in [-0.2, -0.15) is 10.1 Å². The summed E-state index contributed by atoms with van der Waals surface area (Å²) < 4.78 is 23.1. The Bertz CT molecular complexity index is 445. The standard InChI is InChI=1S/C8H8N4O2S/c13-15(14)12(8-9-6-10-11-8)7-4-2-1-3-5-7/h1-6H,(H,13,14)(H,9,10,11)/p-1. The Hall–Kier alpha value is -1.73. The van der Waals surface area contributed by atoms with E-state index < -0.39 is 11.3 Å². The molecule has 1 heterocycles. The van der Waals surface area contributed by atoms with Crippen LogP contribution in [0.15, 0.2) is 36.7 Å². The molecular formula is C8H7N4O2S-. The van der Waals surface area contributed by atoms with Crippen molar-refractivity contribution in [1.29, 1.82) is 0 Å². The molecule has 0 radical (unpaired) electrons. The van der Waals surface area contributed by atoms with Crippen LogP contribution in [0.5, 0.6) is 0 Å². The number of hydrogen-bond acceptors (Lipinski definition) is 4. The molecule has 7 heteroatoms. The molecule has 2 rings (SSSR count). The summed E-state index contributed by atoms with van der Waals surface area (Å²) in [4.78, 5) is 3.78. The number of rotatable bonds is 3. The van der Waals surface area contributed by atoms with Gasteiger partial charge in [0.25, 0.3) is 0 Å². The van der Waals surface area contributed by atoms with Crippen LogP contribution < -0.4 is 4.31 Å². The van der Waals surface area contributed by atoms with Crippen LogP contribution in [0.2, 0.25) is 0 Å². The largest absolute Gasteiger partial charge is 0.755 e. The summed E-state index contributed by atoms with van der Waals surface area (Å²) >= 11 is -2.43. The minimum atomic E-state index is -2.43. The van der Waals surface area contributed by atoms with E-state index in [9.17, 15) is 8.76 Å². The molecule has 0 aliphatic rings. The number of aromatic amines is 1. The normalized spacial score (nSPS) is 12.3. The SMILES string of the molecule is O=S([O-])N(c1ccccc1)c1ncn[nH]1. The number of benzene rings is 1. The van der Waals surface area contributed by atoms with Crippen LogP contribution in [-0.4, -0.2) is 23.9 Å².